The second kappa shape index (κ2) is 7.98. The van der Waals surface area contributed by atoms with Gasteiger partial charge in [-0.15, -0.1) is 0 Å². The second-order valence-corrected chi connectivity index (χ2v) is 6.62. The lowest BCUT2D eigenvalue weighted by Gasteiger charge is -2.10. The molecule has 0 spiro atoms. The summed E-state index contributed by atoms with van der Waals surface area (Å²) in [5.74, 6) is -0.808. The highest BCUT2D eigenvalue weighted by atomic mass is 19.1. The molecule has 10 heteroatoms. The number of aromatic nitrogens is 4. The van der Waals surface area contributed by atoms with Crippen molar-refractivity contribution in [3.63, 3.8) is 0 Å². The maximum absolute atomic E-state index is 13.5. The molecule has 0 bridgehead atoms. The summed E-state index contributed by atoms with van der Waals surface area (Å²) < 4.78 is 38.2. The Bertz CT molecular complexity index is 1400. The van der Waals surface area contributed by atoms with E-state index in [4.69, 9.17) is 9.47 Å². The molecule has 0 fully saturated rings. The minimum absolute atomic E-state index is 0.0592. The van der Waals surface area contributed by atoms with Gasteiger partial charge in [-0.05, 0) is 17.7 Å². The first-order valence-electron chi connectivity index (χ1n) is 9.07. The molecule has 158 valence electrons. The number of halogens is 2. The van der Waals surface area contributed by atoms with Crippen LogP contribution < -0.4 is 20.6 Å². The van der Waals surface area contributed by atoms with Crippen LogP contribution in [-0.2, 0) is 6.42 Å². The number of methoxy groups -OCH3 is 2. The van der Waals surface area contributed by atoms with Gasteiger partial charge in [0.05, 0.1) is 31.3 Å². The largest absolute Gasteiger partial charge is 0.493 e. The molecule has 0 unspecified atom stereocenters. The second-order valence-electron chi connectivity index (χ2n) is 6.62. The molecular weight excluding hydrogens is 410 g/mol. The van der Waals surface area contributed by atoms with Crippen LogP contribution in [0.4, 0.5) is 8.78 Å². The number of nitrogens with one attached hydrogen (secondary N) is 1. The van der Waals surface area contributed by atoms with Gasteiger partial charge in [0.15, 0.2) is 17.3 Å². The fourth-order valence-corrected chi connectivity index (χ4v) is 3.14. The van der Waals surface area contributed by atoms with Crippen molar-refractivity contribution in [1.82, 2.24) is 19.5 Å². The minimum Gasteiger partial charge on any atom is -0.493 e. The smallest absolute Gasteiger partial charge is 0.292 e. The number of H-pyrrole nitrogens is 1. The van der Waals surface area contributed by atoms with Crippen LogP contribution in [0.5, 0.6) is 11.5 Å². The minimum atomic E-state index is -1.21. The van der Waals surface area contributed by atoms with E-state index < -0.39 is 17.2 Å². The molecule has 0 aliphatic rings. The number of aromatic amines is 1. The van der Waals surface area contributed by atoms with Crippen LogP contribution in [-0.4, -0.2) is 33.7 Å². The molecule has 0 atom stereocenters. The van der Waals surface area contributed by atoms with E-state index in [1.165, 1.54) is 26.5 Å². The summed E-state index contributed by atoms with van der Waals surface area (Å²) in [6.45, 7) is 0. The maximum Gasteiger partial charge on any atom is 0.292 e. The summed E-state index contributed by atoms with van der Waals surface area (Å²) in [6.07, 6.45) is 2.53. The van der Waals surface area contributed by atoms with E-state index in [-0.39, 0.29) is 17.8 Å². The molecule has 8 nitrogen and oxygen atoms in total. The molecule has 0 amide bonds. The Hall–Kier alpha value is -4.08. The van der Waals surface area contributed by atoms with Crippen molar-refractivity contribution in [2.24, 2.45) is 0 Å². The van der Waals surface area contributed by atoms with Crippen molar-refractivity contribution < 1.29 is 18.3 Å². The zero-order chi connectivity index (χ0) is 22.1. The van der Waals surface area contributed by atoms with E-state index >= 15 is 0 Å². The van der Waals surface area contributed by atoms with Gasteiger partial charge in [0.25, 0.3) is 11.1 Å². The van der Waals surface area contributed by atoms with Crippen LogP contribution in [0.15, 0.2) is 52.3 Å². The average molecular weight is 426 g/mol. The van der Waals surface area contributed by atoms with Crippen LogP contribution in [0.25, 0.3) is 16.7 Å². The first kappa shape index (κ1) is 20.2. The quantitative estimate of drug-likeness (QED) is 0.526. The van der Waals surface area contributed by atoms with Gasteiger partial charge >= 0.3 is 0 Å². The number of nitrogens with zero attached hydrogens (tertiary/aromatic N) is 3. The topological polar surface area (TPSA) is 99.1 Å². The maximum atomic E-state index is 13.5. The third kappa shape index (κ3) is 3.87. The molecule has 3 aromatic heterocycles. The van der Waals surface area contributed by atoms with Crippen molar-refractivity contribution in [2.75, 3.05) is 14.2 Å². The monoisotopic (exact) mass is 426 g/mol. The molecule has 0 radical (unpaired) electrons. The lowest BCUT2D eigenvalue weighted by atomic mass is 10.1. The number of fused-ring (bicyclic) bond motifs is 1. The van der Waals surface area contributed by atoms with Crippen LogP contribution in [0, 0.1) is 11.6 Å². The van der Waals surface area contributed by atoms with E-state index in [1.54, 1.807) is 18.2 Å². The number of pyridine rings is 2. The third-order valence-corrected chi connectivity index (χ3v) is 4.63. The molecule has 0 saturated carbocycles. The van der Waals surface area contributed by atoms with Crippen molar-refractivity contribution in [3.05, 3.63) is 86.5 Å². The molecule has 0 saturated heterocycles. The fourth-order valence-electron chi connectivity index (χ4n) is 3.14. The van der Waals surface area contributed by atoms with Crippen molar-refractivity contribution in [3.8, 4) is 17.3 Å². The Balaban J connectivity index is 1.67. The van der Waals surface area contributed by atoms with E-state index in [2.05, 4.69) is 15.0 Å². The number of rotatable bonds is 5. The first-order chi connectivity index (χ1) is 14.9. The normalized spacial score (nSPS) is 11.0. The molecular formula is C21H16F2N4O4. The highest BCUT2D eigenvalue weighted by Gasteiger charge is 2.12. The number of hydrogen-bond acceptors (Lipinski definition) is 6. The lowest BCUT2D eigenvalue weighted by molar-refractivity contribution is 0.355. The van der Waals surface area contributed by atoms with E-state index in [0.29, 0.717) is 39.9 Å². The Labute approximate surface area is 173 Å². The van der Waals surface area contributed by atoms with Crippen molar-refractivity contribution >= 4 is 10.9 Å². The molecule has 0 aliphatic carbocycles. The standard InChI is InChI=1S/C21H16F2N4O4/c1-30-16-7-13-15(8-17(16)31-2)25-18(26-20(13)28)5-11-3-4-19(24-9-11)27-10-12(22)6-14(23)21(27)29/h3-4,6-10H,5H2,1-2H3,(H,25,26,28). The summed E-state index contributed by atoms with van der Waals surface area (Å²) in [5.41, 5.74) is -0.252. The first-order valence-corrected chi connectivity index (χ1v) is 9.07. The highest BCUT2D eigenvalue weighted by molar-refractivity contribution is 5.81. The van der Waals surface area contributed by atoms with Crippen LogP contribution in [0.3, 0.4) is 0 Å². The number of ether oxygens (including phenoxy) is 2. The van der Waals surface area contributed by atoms with Crippen molar-refractivity contribution in [2.45, 2.75) is 6.42 Å². The summed E-state index contributed by atoms with van der Waals surface area (Å²) in [5, 5.41) is 0.349. The summed E-state index contributed by atoms with van der Waals surface area (Å²) >= 11 is 0. The Morgan fingerprint density at radius 2 is 1.81 bits per heavy atom. The lowest BCUT2D eigenvalue weighted by Crippen LogP contribution is -2.22. The molecule has 3 heterocycles. The zero-order valence-corrected chi connectivity index (χ0v) is 16.5. The average Bonchev–Trinajstić information content (AvgIpc) is 2.76. The molecule has 1 aromatic carbocycles. The number of hydrogen-bond donors (Lipinski definition) is 1. The third-order valence-electron chi connectivity index (χ3n) is 4.63. The van der Waals surface area contributed by atoms with Gasteiger partial charge in [0, 0.05) is 24.8 Å². The van der Waals surface area contributed by atoms with Gasteiger partial charge in [0.2, 0.25) is 0 Å². The highest BCUT2D eigenvalue weighted by Crippen LogP contribution is 2.30. The van der Waals surface area contributed by atoms with Gasteiger partial charge in [0.1, 0.15) is 17.5 Å². The van der Waals surface area contributed by atoms with Gasteiger partial charge in [-0.3, -0.25) is 14.2 Å². The zero-order valence-electron chi connectivity index (χ0n) is 16.5. The number of benzene rings is 1. The summed E-state index contributed by atoms with van der Waals surface area (Å²) in [4.78, 5) is 35.6. The van der Waals surface area contributed by atoms with Gasteiger partial charge in [-0.2, -0.15) is 0 Å². The Morgan fingerprint density at radius 3 is 2.48 bits per heavy atom. The molecule has 31 heavy (non-hydrogen) atoms. The summed E-state index contributed by atoms with van der Waals surface area (Å²) in [6, 6.07) is 6.74. The van der Waals surface area contributed by atoms with E-state index in [9.17, 15) is 18.4 Å². The molecule has 4 aromatic rings. The van der Waals surface area contributed by atoms with Gasteiger partial charge in [-0.1, -0.05) is 6.07 Å². The molecule has 0 aliphatic heterocycles. The predicted molar refractivity (Wildman–Crippen MR) is 108 cm³/mol. The van der Waals surface area contributed by atoms with Crippen LogP contribution in [0.2, 0.25) is 0 Å². The Morgan fingerprint density at radius 1 is 1.06 bits per heavy atom. The van der Waals surface area contributed by atoms with Crippen molar-refractivity contribution in [1.29, 1.82) is 0 Å². The van der Waals surface area contributed by atoms with Gasteiger partial charge in [-0.25, -0.2) is 18.7 Å². The predicted octanol–water partition coefficient (Wildman–Crippen LogP) is 2.36. The van der Waals surface area contributed by atoms with Crippen LogP contribution >= 0.6 is 0 Å². The van der Waals surface area contributed by atoms with Crippen LogP contribution in [0.1, 0.15) is 11.4 Å². The van der Waals surface area contributed by atoms with E-state index in [1.807, 2.05) is 0 Å². The molecule has 4 rings (SSSR count). The Kier molecular flexibility index (Phi) is 5.20. The van der Waals surface area contributed by atoms with E-state index in [0.717, 1.165) is 10.8 Å². The fraction of sp³-hybridized carbons (Fsp3) is 0.143. The summed E-state index contributed by atoms with van der Waals surface area (Å²) in [7, 11) is 2.96. The van der Waals surface area contributed by atoms with Gasteiger partial charge < -0.3 is 14.5 Å². The SMILES string of the molecule is COc1cc2nc(Cc3ccc(-n4cc(F)cc(F)c4=O)nc3)[nH]c(=O)c2cc1OC. The molecule has 1 N–H and O–H groups in total.